The normalized spacial score (nSPS) is 14.4. The van der Waals surface area contributed by atoms with Crippen LogP contribution in [0.5, 0.6) is 0 Å². The Labute approximate surface area is 151 Å². The first-order valence-electron chi connectivity index (χ1n) is 9.11. The number of aromatic nitrogens is 2. The highest BCUT2D eigenvalue weighted by molar-refractivity contribution is 5.98. The van der Waals surface area contributed by atoms with E-state index in [0.717, 1.165) is 37.9 Å². The standard InChI is InChI=1S/C19H24N4O3/c1-12(2)17(24)21-22-18(25)13-8-9-14-15(11-13)20-16-7-5-3-4-6-10-23(16)19(14)26/h8-9,11-12H,3-7,10H2,1-2H3,(H,21,24)(H,22,25). The van der Waals surface area contributed by atoms with E-state index >= 15 is 0 Å². The van der Waals surface area contributed by atoms with E-state index in [0.29, 0.717) is 23.0 Å². The van der Waals surface area contributed by atoms with Crippen LogP contribution in [0.3, 0.4) is 0 Å². The summed E-state index contributed by atoms with van der Waals surface area (Å²) in [5.74, 6) is -0.146. The quantitative estimate of drug-likeness (QED) is 0.804. The molecular weight excluding hydrogens is 332 g/mol. The maximum atomic E-state index is 12.8. The number of hydrazine groups is 1. The Morgan fingerprint density at radius 1 is 1.12 bits per heavy atom. The predicted molar refractivity (Wildman–Crippen MR) is 98.6 cm³/mol. The first-order chi connectivity index (χ1) is 12.5. The summed E-state index contributed by atoms with van der Waals surface area (Å²) >= 11 is 0. The van der Waals surface area contributed by atoms with Crippen molar-refractivity contribution in [1.82, 2.24) is 20.4 Å². The number of aryl methyl sites for hydroxylation is 1. The molecule has 0 radical (unpaired) electrons. The lowest BCUT2D eigenvalue weighted by Gasteiger charge is -2.16. The number of carbonyl (C=O) groups excluding carboxylic acids is 2. The highest BCUT2D eigenvalue weighted by Gasteiger charge is 2.15. The van der Waals surface area contributed by atoms with Crippen LogP contribution in [0.15, 0.2) is 23.0 Å². The van der Waals surface area contributed by atoms with Crippen molar-refractivity contribution in [3.05, 3.63) is 39.9 Å². The van der Waals surface area contributed by atoms with E-state index in [4.69, 9.17) is 0 Å². The van der Waals surface area contributed by atoms with Crippen LogP contribution in [0.2, 0.25) is 0 Å². The van der Waals surface area contributed by atoms with Crippen molar-refractivity contribution in [1.29, 1.82) is 0 Å². The smallest absolute Gasteiger partial charge is 0.269 e. The highest BCUT2D eigenvalue weighted by atomic mass is 16.2. The Morgan fingerprint density at radius 3 is 2.65 bits per heavy atom. The number of carbonyl (C=O) groups is 2. The topological polar surface area (TPSA) is 93.1 Å². The zero-order valence-electron chi connectivity index (χ0n) is 15.2. The van der Waals surface area contributed by atoms with Gasteiger partial charge in [0.25, 0.3) is 11.5 Å². The third-order valence-corrected chi connectivity index (χ3v) is 4.65. The van der Waals surface area contributed by atoms with Crippen molar-refractivity contribution in [2.75, 3.05) is 0 Å². The summed E-state index contributed by atoms with van der Waals surface area (Å²) < 4.78 is 1.77. The van der Waals surface area contributed by atoms with Crippen LogP contribution in [0, 0.1) is 5.92 Å². The number of hydrogen-bond acceptors (Lipinski definition) is 4. The monoisotopic (exact) mass is 356 g/mol. The fourth-order valence-corrected chi connectivity index (χ4v) is 3.07. The van der Waals surface area contributed by atoms with Gasteiger partial charge in [-0.2, -0.15) is 0 Å². The second-order valence-corrected chi connectivity index (χ2v) is 6.98. The number of fused-ring (bicyclic) bond motifs is 2. The minimum atomic E-state index is -0.436. The second-order valence-electron chi connectivity index (χ2n) is 6.98. The van der Waals surface area contributed by atoms with Gasteiger partial charge in [0, 0.05) is 24.4 Å². The maximum absolute atomic E-state index is 12.8. The van der Waals surface area contributed by atoms with Crippen molar-refractivity contribution in [3.8, 4) is 0 Å². The fourth-order valence-electron chi connectivity index (χ4n) is 3.07. The fraction of sp³-hybridized carbons (Fsp3) is 0.474. The molecule has 0 atom stereocenters. The summed E-state index contributed by atoms with van der Waals surface area (Å²) in [6.07, 6.45) is 5.04. The number of benzene rings is 1. The largest absolute Gasteiger partial charge is 0.296 e. The number of amides is 2. The summed E-state index contributed by atoms with van der Waals surface area (Å²) in [6.45, 7) is 4.17. The third kappa shape index (κ3) is 3.76. The molecular formula is C19H24N4O3. The number of nitrogens with one attached hydrogen (secondary N) is 2. The first-order valence-corrected chi connectivity index (χ1v) is 9.11. The molecule has 2 aromatic rings. The van der Waals surface area contributed by atoms with E-state index in [9.17, 15) is 14.4 Å². The van der Waals surface area contributed by atoms with Gasteiger partial charge in [0.05, 0.1) is 10.9 Å². The van der Waals surface area contributed by atoms with Crippen molar-refractivity contribution in [3.63, 3.8) is 0 Å². The van der Waals surface area contributed by atoms with Crippen LogP contribution in [-0.4, -0.2) is 21.4 Å². The molecule has 0 saturated carbocycles. The van der Waals surface area contributed by atoms with Crippen molar-refractivity contribution in [2.24, 2.45) is 5.92 Å². The summed E-state index contributed by atoms with van der Waals surface area (Å²) in [5.41, 5.74) is 5.59. The zero-order chi connectivity index (χ0) is 18.7. The Kier molecular flexibility index (Phi) is 5.35. The van der Waals surface area contributed by atoms with Crippen molar-refractivity contribution >= 4 is 22.7 Å². The van der Waals surface area contributed by atoms with Gasteiger partial charge in [-0.1, -0.05) is 26.7 Å². The highest BCUT2D eigenvalue weighted by Crippen LogP contribution is 2.16. The van der Waals surface area contributed by atoms with Gasteiger partial charge in [0.15, 0.2) is 0 Å². The predicted octanol–water partition coefficient (Wildman–Crippen LogP) is 1.93. The van der Waals surface area contributed by atoms with E-state index < -0.39 is 5.91 Å². The van der Waals surface area contributed by atoms with E-state index in [1.54, 1.807) is 36.6 Å². The summed E-state index contributed by atoms with van der Waals surface area (Å²) in [7, 11) is 0. The molecule has 1 aliphatic rings. The lowest BCUT2D eigenvalue weighted by Crippen LogP contribution is -2.43. The van der Waals surface area contributed by atoms with Crippen LogP contribution < -0.4 is 16.4 Å². The van der Waals surface area contributed by atoms with Crippen LogP contribution in [0.1, 0.15) is 55.7 Å². The van der Waals surface area contributed by atoms with E-state index in [1.165, 1.54) is 0 Å². The number of rotatable bonds is 2. The van der Waals surface area contributed by atoms with Crippen LogP contribution in [0.25, 0.3) is 10.9 Å². The molecule has 0 fully saturated rings. The Bertz CT molecular complexity index is 902. The van der Waals surface area contributed by atoms with E-state index in [1.807, 2.05) is 0 Å². The zero-order valence-corrected chi connectivity index (χ0v) is 15.2. The molecule has 3 rings (SSSR count). The first kappa shape index (κ1) is 18.1. The second kappa shape index (κ2) is 7.68. The molecule has 1 aromatic heterocycles. The molecule has 0 bridgehead atoms. The lowest BCUT2D eigenvalue weighted by molar-refractivity contribution is -0.124. The molecule has 2 heterocycles. The summed E-state index contributed by atoms with van der Waals surface area (Å²) in [6, 6.07) is 4.82. The molecule has 0 unspecified atom stereocenters. The Balaban J connectivity index is 1.91. The molecule has 138 valence electrons. The molecule has 0 spiro atoms. The molecule has 2 N–H and O–H groups in total. The van der Waals surface area contributed by atoms with Gasteiger partial charge in [0.1, 0.15) is 5.82 Å². The summed E-state index contributed by atoms with van der Waals surface area (Å²) in [4.78, 5) is 41.2. The van der Waals surface area contributed by atoms with Crippen molar-refractivity contribution < 1.29 is 9.59 Å². The maximum Gasteiger partial charge on any atom is 0.269 e. The van der Waals surface area contributed by atoms with Crippen LogP contribution in [-0.2, 0) is 17.8 Å². The average molecular weight is 356 g/mol. The Hall–Kier alpha value is -2.70. The molecule has 7 heteroatoms. The molecule has 1 aliphatic heterocycles. The van der Waals surface area contributed by atoms with Gasteiger partial charge in [-0.15, -0.1) is 0 Å². The van der Waals surface area contributed by atoms with Gasteiger partial charge < -0.3 is 0 Å². The number of hydrogen-bond donors (Lipinski definition) is 2. The third-order valence-electron chi connectivity index (χ3n) is 4.65. The van der Waals surface area contributed by atoms with Crippen molar-refractivity contribution in [2.45, 2.75) is 52.5 Å². The summed E-state index contributed by atoms with van der Waals surface area (Å²) in [5, 5.41) is 0.511. The molecule has 0 saturated heterocycles. The molecule has 2 amide bonds. The van der Waals surface area contributed by atoms with Gasteiger partial charge >= 0.3 is 0 Å². The van der Waals surface area contributed by atoms with Crippen LogP contribution >= 0.6 is 0 Å². The molecule has 0 aliphatic carbocycles. The van der Waals surface area contributed by atoms with Crippen LogP contribution in [0.4, 0.5) is 0 Å². The van der Waals surface area contributed by atoms with E-state index in [2.05, 4.69) is 15.8 Å². The van der Waals surface area contributed by atoms with Gasteiger partial charge in [-0.3, -0.25) is 29.8 Å². The van der Waals surface area contributed by atoms with Gasteiger partial charge in [-0.05, 0) is 31.0 Å². The lowest BCUT2D eigenvalue weighted by atomic mass is 10.1. The van der Waals surface area contributed by atoms with Gasteiger partial charge in [-0.25, -0.2) is 4.98 Å². The Morgan fingerprint density at radius 2 is 1.88 bits per heavy atom. The average Bonchev–Trinajstić information content (AvgIpc) is 2.60. The van der Waals surface area contributed by atoms with E-state index in [-0.39, 0.29) is 17.4 Å². The molecule has 26 heavy (non-hydrogen) atoms. The molecule has 1 aromatic carbocycles. The SMILES string of the molecule is CC(C)C(=O)NNC(=O)c1ccc2c(=O)n3c(nc2c1)CCCCCC3. The number of nitrogens with zero attached hydrogens (tertiary/aromatic N) is 2. The minimum absolute atomic E-state index is 0.0491. The van der Waals surface area contributed by atoms with Gasteiger partial charge in [0.2, 0.25) is 5.91 Å². The minimum Gasteiger partial charge on any atom is -0.296 e. The molecule has 7 nitrogen and oxygen atoms in total.